The third-order valence-electron chi connectivity index (χ3n) is 5.55. The molecule has 1 aliphatic heterocycles. The van der Waals surface area contributed by atoms with E-state index in [0.717, 1.165) is 9.86 Å². The molecule has 3 aromatic carbocycles. The average Bonchev–Trinajstić information content (AvgIpc) is 3.43. The Hall–Kier alpha value is -4.24. The number of rotatable bonds is 6. The van der Waals surface area contributed by atoms with Crippen molar-refractivity contribution in [2.45, 2.75) is 0 Å². The molecule has 1 aromatic heterocycles. The lowest BCUT2D eigenvalue weighted by Gasteiger charge is -2.14. The summed E-state index contributed by atoms with van der Waals surface area (Å²) in [5.74, 6) is 0.905. The number of halogens is 1. The van der Waals surface area contributed by atoms with Crippen LogP contribution in [0.4, 0.5) is 0 Å². The van der Waals surface area contributed by atoms with Crippen LogP contribution in [0.5, 0.6) is 28.7 Å². The van der Waals surface area contributed by atoms with Gasteiger partial charge in [-0.05, 0) is 54.6 Å². The summed E-state index contributed by atoms with van der Waals surface area (Å²) < 4.78 is 33.9. The summed E-state index contributed by atoms with van der Waals surface area (Å²) in [6.07, 6.45) is 1.56. The molecule has 4 aromatic rings. The molecule has 0 unspecified atom stereocenters. The fourth-order valence-electron chi connectivity index (χ4n) is 3.88. The summed E-state index contributed by atoms with van der Waals surface area (Å²) in [5.41, 5.74) is 1.47. The fraction of sp³-hybridized carbons (Fsp3) is 0.111. The first kappa shape index (κ1) is 23.5. The van der Waals surface area contributed by atoms with Gasteiger partial charge in [0.05, 0.1) is 26.9 Å². The zero-order valence-corrected chi connectivity index (χ0v) is 21.0. The maximum atomic E-state index is 12.9. The minimum absolute atomic E-state index is 0.0572. The molecule has 0 saturated heterocycles. The van der Waals surface area contributed by atoms with Crippen LogP contribution in [0.15, 0.2) is 69.2 Å². The quantitative estimate of drug-likeness (QED) is 0.162. The lowest BCUT2D eigenvalue weighted by Crippen LogP contribution is -2.07. The van der Waals surface area contributed by atoms with Gasteiger partial charge in [0.15, 0.2) is 17.3 Å². The van der Waals surface area contributed by atoms with E-state index in [1.54, 1.807) is 36.4 Å². The molecule has 0 aliphatic carbocycles. The highest BCUT2D eigenvalue weighted by molar-refractivity contribution is 9.10. The monoisotopic (exact) mass is 550 g/mol. The molecule has 0 radical (unpaired) electrons. The Morgan fingerprint density at radius 3 is 2.47 bits per heavy atom. The van der Waals surface area contributed by atoms with Crippen molar-refractivity contribution in [3.05, 3.63) is 81.7 Å². The van der Waals surface area contributed by atoms with Crippen LogP contribution in [-0.4, -0.2) is 33.1 Å². The van der Waals surface area contributed by atoms with Gasteiger partial charge in [0.2, 0.25) is 17.3 Å². The molecule has 0 amide bonds. The van der Waals surface area contributed by atoms with E-state index in [4.69, 9.17) is 28.1 Å². The van der Waals surface area contributed by atoms with Crippen LogP contribution in [0.2, 0.25) is 0 Å². The molecule has 0 spiro atoms. The van der Waals surface area contributed by atoms with Crippen LogP contribution in [0.1, 0.15) is 26.5 Å². The Morgan fingerprint density at radius 2 is 1.72 bits per heavy atom. The lowest BCUT2D eigenvalue weighted by molar-refractivity contribution is 0.0703. The Kier molecular flexibility index (Phi) is 6.15. The fourth-order valence-corrected chi connectivity index (χ4v) is 4.26. The third kappa shape index (κ3) is 4.18. The number of methoxy groups -OCH3 is 3. The Labute approximate surface area is 214 Å². The molecular formula is C27H19BrO8. The second-order valence-corrected chi connectivity index (χ2v) is 8.62. The highest BCUT2D eigenvalue weighted by Crippen LogP contribution is 2.42. The van der Waals surface area contributed by atoms with Crippen LogP contribution in [0.25, 0.3) is 17.0 Å². The minimum atomic E-state index is -0.669. The number of fused-ring (bicyclic) bond motifs is 2. The molecule has 8 nitrogen and oxygen atoms in total. The maximum Gasteiger partial charge on any atom is 0.379 e. The van der Waals surface area contributed by atoms with Crippen molar-refractivity contribution < 1.29 is 37.7 Å². The molecule has 0 atom stereocenters. The van der Waals surface area contributed by atoms with Crippen molar-refractivity contribution >= 4 is 44.7 Å². The number of esters is 1. The van der Waals surface area contributed by atoms with Crippen molar-refractivity contribution in [2.24, 2.45) is 0 Å². The molecule has 0 saturated carbocycles. The van der Waals surface area contributed by atoms with Gasteiger partial charge in [0.25, 0.3) is 0 Å². The van der Waals surface area contributed by atoms with Crippen molar-refractivity contribution in [3.8, 4) is 28.7 Å². The topological polar surface area (TPSA) is 93.4 Å². The highest BCUT2D eigenvalue weighted by Gasteiger charge is 2.29. The largest absolute Gasteiger partial charge is 0.493 e. The molecule has 0 fully saturated rings. The van der Waals surface area contributed by atoms with Gasteiger partial charge in [0.1, 0.15) is 17.1 Å². The molecular weight excluding hydrogens is 532 g/mol. The number of hydrogen-bond donors (Lipinski definition) is 0. The zero-order chi connectivity index (χ0) is 25.4. The number of ether oxygens (including phenoxy) is 5. The first-order chi connectivity index (χ1) is 17.4. The molecule has 0 N–H and O–H groups in total. The molecule has 2 heterocycles. The number of Topliss-reactive ketones (excluding diaryl/α,β-unsaturated/α-hetero) is 1. The second-order valence-electron chi connectivity index (χ2n) is 7.70. The number of benzene rings is 3. The SMILES string of the molecule is COc1ccc(/C=C2\Oc3cc(OC(=O)c4cc5cc(Br)ccc5o4)ccc3C2=O)c(OC)c1OC. The first-order valence-corrected chi connectivity index (χ1v) is 11.5. The standard InChI is InChI=1S/C27H19BrO8/c1-31-20-8-4-14(25(32-2)26(20)33-3)11-22-24(29)18-7-6-17(13-21(18)36-22)34-27(30)23-12-15-10-16(28)5-9-19(15)35-23/h4-13H,1-3H3/b22-11-. The summed E-state index contributed by atoms with van der Waals surface area (Å²) in [4.78, 5) is 25.6. The van der Waals surface area contributed by atoms with Crippen LogP contribution >= 0.6 is 15.9 Å². The summed E-state index contributed by atoms with van der Waals surface area (Å²) >= 11 is 3.39. The molecule has 1 aliphatic rings. The van der Waals surface area contributed by atoms with E-state index in [-0.39, 0.29) is 28.8 Å². The average molecular weight is 551 g/mol. The van der Waals surface area contributed by atoms with Gasteiger partial charge in [0, 0.05) is 21.5 Å². The van der Waals surface area contributed by atoms with Crippen molar-refractivity contribution in [1.82, 2.24) is 0 Å². The normalized spacial score (nSPS) is 13.4. The second kappa shape index (κ2) is 9.43. The van der Waals surface area contributed by atoms with Crippen LogP contribution < -0.4 is 23.7 Å². The molecule has 36 heavy (non-hydrogen) atoms. The van der Waals surface area contributed by atoms with Gasteiger partial charge >= 0.3 is 5.97 Å². The number of furan rings is 1. The van der Waals surface area contributed by atoms with E-state index in [0.29, 0.717) is 34.0 Å². The summed E-state index contributed by atoms with van der Waals surface area (Å²) in [6, 6.07) is 15.0. The summed E-state index contributed by atoms with van der Waals surface area (Å²) in [6.45, 7) is 0. The van der Waals surface area contributed by atoms with E-state index >= 15 is 0 Å². The lowest BCUT2D eigenvalue weighted by atomic mass is 10.1. The van der Waals surface area contributed by atoms with E-state index in [2.05, 4.69) is 15.9 Å². The third-order valence-corrected chi connectivity index (χ3v) is 6.05. The summed E-state index contributed by atoms with van der Waals surface area (Å²) in [5, 5.41) is 0.763. The van der Waals surface area contributed by atoms with Gasteiger partial charge < -0.3 is 28.1 Å². The molecule has 5 rings (SSSR count). The van der Waals surface area contributed by atoms with Gasteiger partial charge in [-0.25, -0.2) is 4.79 Å². The van der Waals surface area contributed by atoms with E-state index in [1.807, 2.05) is 12.1 Å². The number of carbonyl (C=O) groups excluding carboxylic acids is 2. The van der Waals surface area contributed by atoms with Crippen molar-refractivity contribution in [2.75, 3.05) is 21.3 Å². The minimum Gasteiger partial charge on any atom is -0.493 e. The van der Waals surface area contributed by atoms with Crippen molar-refractivity contribution in [3.63, 3.8) is 0 Å². The predicted molar refractivity (Wildman–Crippen MR) is 134 cm³/mol. The maximum absolute atomic E-state index is 12.9. The predicted octanol–water partition coefficient (Wildman–Crippen LogP) is 6.06. The number of hydrogen-bond acceptors (Lipinski definition) is 8. The number of ketones is 1. The summed E-state index contributed by atoms with van der Waals surface area (Å²) in [7, 11) is 4.51. The van der Waals surface area contributed by atoms with E-state index in [1.165, 1.54) is 33.5 Å². The Balaban J connectivity index is 1.39. The molecule has 0 bridgehead atoms. The van der Waals surface area contributed by atoms with Gasteiger partial charge in [-0.2, -0.15) is 0 Å². The number of allylic oxidation sites excluding steroid dienone is 1. The number of carbonyl (C=O) groups is 2. The zero-order valence-electron chi connectivity index (χ0n) is 19.4. The van der Waals surface area contributed by atoms with Crippen LogP contribution in [-0.2, 0) is 0 Å². The highest BCUT2D eigenvalue weighted by atomic mass is 79.9. The van der Waals surface area contributed by atoms with Crippen LogP contribution in [0.3, 0.4) is 0 Å². The van der Waals surface area contributed by atoms with Crippen LogP contribution in [0, 0.1) is 0 Å². The first-order valence-electron chi connectivity index (χ1n) is 10.7. The Morgan fingerprint density at radius 1 is 0.917 bits per heavy atom. The van der Waals surface area contributed by atoms with E-state index < -0.39 is 5.97 Å². The molecule has 9 heteroatoms. The Bertz CT molecular complexity index is 1550. The van der Waals surface area contributed by atoms with Gasteiger partial charge in [-0.3, -0.25) is 4.79 Å². The van der Waals surface area contributed by atoms with E-state index in [9.17, 15) is 9.59 Å². The smallest absolute Gasteiger partial charge is 0.379 e. The van der Waals surface area contributed by atoms with Gasteiger partial charge in [-0.15, -0.1) is 0 Å². The van der Waals surface area contributed by atoms with Gasteiger partial charge in [-0.1, -0.05) is 15.9 Å². The van der Waals surface area contributed by atoms with Crippen molar-refractivity contribution in [1.29, 1.82) is 0 Å². The molecule has 182 valence electrons.